The summed E-state index contributed by atoms with van der Waals surface area (Å²) in [4.78, 5) is 40.2. The van der Waals surface area contributed by atoms with E-state index in [1.54, 1.807) is 36.2 Å². The highest BCUT2D eigenvalue weighted by atomic mass is 16.2. The third-order valence-electron chi connectivity index (χ3n) is 4.80. The quantitative estimate of drug-likeness (QED) is 0.849. The largest absolute Gasteiger partial charge is 0.368 e. The van der Waals surface area contributed by atoms with Crippen molar-refractivity contribution in [2.75, 3.05) is 18.5 Å². The minimum absolute atomic E-state index is 0.0138. The van der Waals surface area contributed by atoms with Crippen LogP contribution in [0.25, 0.3) is 0 Å². The van der Waals surface area contributed by atoms with Gasteiger partial charge in [0.15, 0.2) is 0 Å². The fourth-order valence-corrected chi connectivity index (χ4v) is 3.72. The minimum Gasteiger partial charge on any atom is -0.368 e. The SMILES string of the molecule is C=CCCC(=O)N1c2cccc3c2[C@@H](C[C@H]1C(N)=O)CN(C)C3=O. The summed E-state index contributed by atoms with van der Waals surface area (Å²) >= 11 is 0. The van der Waals surface area contributed by atoms with Crippen molar-refractivity contribution in [2.45, 2.75) is 31.2 Å². The first kappa shape index (κ1) is 16.2. The first-order valence-electron chi connectivity index (χ1n) is 8.06. The molecule has 0 fully saturated rings. The number of allylic oxidation sites excluding steroid dienone is 1. The molecular formula is C18H21N3O3. The molecule has 2 aliphatic rings. The van der Waals surface area contributed by atoms with Crippen LogP contribution in [0.15, 0.2) is 30.9 Å². The van der Waals surface area contributed by atoms with Crippen LogP contribution in [-0.2, 0) is 9.59 Å². The molecule has 3 amide bonds. The number of nitrogens with two attached hydrogens (primary N) is 1. The molecule has 2 heterocycles. The number of nitrogens with zero attached hydrogens (tertiary/aromatic N) is 2. The van der Waals surface area contributed by atoms with Crippen molar-refractivity contribution < 1.29 is 14.4 Å². The third-order valence-corrected chi connectivity index (χ3v) is 4.80. The first-order valence-corrected chi connectivity index (χ1v) is 8.06. The maximum atomic E-state index is 12.7. The Kier molecular flexibility index (Phi) is 4.13. The molecule has 1 aromatic rings. The number of anilines is 1. The van der Waals surface area contributed by atoms with E-state index in [4.69, 9.17) is 5.73 Å². The molecule has 0 spiro atoms. The zero-order valence-corrected chi connectivity index (χ0v) is 13.7. The lowest BCUT2D eigenvalue weighted by Gasteiger charge is -2.43. The molecule has 0 saturated heterocycles. The van der Waals surface area contributed by atoms with Crippen molar-refractivity contribution in [3.8, 4) is 0 Å². The van der Waals surface area contributed by atoms with E-state index in [2.05, 4.69) is 6.58 Å². The van der Waals surface area contributed by atoms with Crippen LogP contribution in [0.5, 0.6) is 0 Å². The maximum absolute atomic E-state index is 12.7. The summed E-state index contributed by atoms with van der Waals surface area (Å²) < 4.78 is 0. The van der Waals surface area contributed by atoms with Gasteiger partial charge in [0, 0.05) is 37.2 Å². The average Bonchev–Trinajstić information content (AvgIpc) is 2.56. The second-order valence-corrected chi connectivity index (χ2v) is 6.37. The van der Waals surface area contributed by atoms with Crippen molar-refractivity contribution >= 4 is 23.4 Å². The van der Waals surface area contributed by atoms with Crippen molar-refractivity contribution in [2.24, 2.45) is 5.73 Å². The summed E-state index contributed by atoms with van der Waals surface area (Å²) in [5.74, 6) is -0.728. The monoisotopic (exact) mass is 327 g/mol. The number of rotatable bonds is 4. The molecule has 2 N–H and O–H groups in total. The van der Waals surface area contributed by atoms with Crippen LogP contribution in [0.1, 0.15) is 41.1 Å². The average molecular weight is 327 g/mol. The van der Waals surface area contributed by atoms with Gasteiger partial charge in [-0.05, 0) is 30.5 Å². The molecule has 0 aromatic heterocycles. The molecule has 126 valence electrons. The van der Waals surface area contributed by atoms with Gasteiger partial charge < -0.3 is 10.6 Å². The zero-order chi connectivity index (χ0) is 17.4. The highest BCUT2D eigenvalue weighted by Crippen LogP contribution is 2.43. The third kappa shape index (κ3) is 2.48. The predicted molar refractivity (Wildman–Crippen MR) is 90.7 cm³/mol. The van der Waals surface area contributed by atoms with Crippen LogP contribution >= 0.6 is 0 Å². The van der Waals surface area contributed by atoms with Crippen molar-refractivity contribution in [3.05, 3.63) is 42.0 Å². The summed E-state index contributed by atoms with van der Waals surface area (Å²) in [5, 5.41) is 0. The van der Waals surface area contributed by atoms with Gasteiger partial charge in [0.1, 0.15) is 6.04 Å². The maximum Gasteiger partial charge on any atom is 0.253 e. The lowest BCUT2D eigenvalue weighted by molar-refractivity contribution is -0.125. The zero-order valence-electron chi connectivity index (χ0n) is 13.7. The molecule has 0 unspecified atom stereocenters. The Morgan fingerprint density at radius 3 is 2.83 bits per heavy atom. The van der Waals surface area contributed by atoms with Gasteiger partial charge in [-0.15, -0.1) is 6.58 Å². The number of carbonyl (C=O) groups is 3. The lowest BCUT2D eigenvalue weighted by atomic mass is 9.79. The minimum atomic E-state index is -0.684. The molecule has 1 aromatic carbocycles. The van der Waals surface area contributed by atoms with Gasteiger partial charge in [0.2, 0.25) is 11.8 Å². The Morgan fingerprint density at radius 2 is 2.17 bits per heavy atom. The summed E-state index contributed by atoms with van der Waals surface area (Å²) in [6.07, 6.45) is 2.90. The number of carbonyl (C=O) groups excluding carboxylic acids is 3. The van der Waals surface area contributed by atoms with Crippen LogP contribution in [-0.4, -0.2) is 42.3 Å². The van der Waals surface area contributed by atoms with E-state index in [9.17, 15) is 14.4 Å². The summed E-state index contributed by atoms with van der Waals surface area (Å²) in [6, 6.07) is 4.64. The molecule has 0 aliphatic carbocycles. The van der Waals surface area contributed by atoms with Gasteiger partial charge >= 0.3 is 0 Å². The van der Waals surface area contributed by atoms with Crippen LogP contribution in [0, 0.1) is 0 Å². The fourth-order valence-electron chi connectivity index (χ4n) is 3.72. The molecule has 0 saturated carbocycles. The first-order chi connectivity index (χ1) is 11.5. The van der Waals surface area contributed by atoms with Gasteiger partial charge in [0.25, 0.3) is 5.91 Å². The normalized spacial score (nSPS) is 22.1. The molecular weight excluding hydrogens is 306 g/mol. The Hall–Kier alpha value is -2.63. The molecule has 24 heavy (non-hydrogen) atoms. The standard InChI is InChI=1S/C18H21N3O3/c1-3-4-8-15(22)21-13-7-5-6-12-16(13)11(9-14(21)17(19)23)10-20(2)18(12)24/h3,5-7,11,14H,1,4,8-10H2,2H3,(H2,19,23)/t11-,14-/m0/s1. The lowest BCUT2D eigenvalue weighted by Crippen LogP contribution is -2.54. The number of primary amides is 1. The number of amides is 3. The fraction of sp³-hybridized carbons (Fsp3) is 0.389. The van der Waals surface area contributed by atoms with Crippen molar-refractivity contribution in [1.29, 1.82) is 0 Å². The van der Waals surface area contributed by atoms with Crippen LogP contribution < -0.4 is 10.6 Å². The number of hydrogen-bond donors (Lipinski definition) is 1. The summed E-state index contributed by atoms with van der Waals surface area (Å²) in [7, 11) is 1.75. The Labute approximate surface area is 140 Å². The van der Waals surface area contributed by atoms with Gasteiger partial charge in [-0.25, -0.2) is 0 Å². The number of hydrogen-bond acceptors (Lipinski definition) is 3. The van der Waals surface area contributed by atoms with Crippen molar-refractivity contribution in [3.63, 3.8) is 0 Å². The van der Waals surface area contributed by atoms with E-state index < -0.39 is 11.9 Å². The van der Waals surface area contributed by atoms with E-state index in [0.29, 0.717) is 30.6 Å². The van der Waals surface area contributed by atoms with E-state index in [0.717, 1.165) is 5.56 Å². The van der Waals surface area contributed by atoms with E-state index in [1.807, 2.05) is 0 Å². The molecule has 0 radical (unpaired) electrons. The summed E-state index contributed by atoms with van der Waals surface area (Å²) in [6.45, 7) is 4.16. The topological polar surface area (TPSA) is 83.7 Å². The Morgan fingerprint density at radius 1 is 1.42 bits per heavy atom. The number of benzene rings is 1. The molecule has 6 nitrogen and oxygen atoms in total. The summed E-state index contributed by atoms with van der Waals surface area (Å²) in [5.41, 5.74) is 7.70. The Bertz CT molecular complexity index is 728. The van der Waals surface area contributed by atoms with Crippen molar-refractivity contribution in [1.82, 2.24) is 4.90 Å². The van der Waals surface area contributed by atoms with Crippen LogP contribution in [0.2, 0.25) is 0 Å². The highest BCUT2D eigenvalue weighted by Gasteiger charge is 2.43. The van der Waals surface area contributed by atoms with Gasteiger partial charge in [-0.1, -0.05) is 12.1 Å². The molecule has 0 bridgehead atoms. The van der Waals surface area contributed by atoms with Gasteiger partial charge in [0.05, 0.1) is 0 Å². The van der Waals surface area contributed by atoms with Crippen LogP contribution in [0.3, 0.4) is 0 Å². The van der Waals surface area contributed by atoms with Gasteiger partial charge in [-0.2, -0.15) is 0 Å². The second-order valence-electron chi connectivity index (χ2n) is 6.37. The number of likely N-dealkylation sites (N-methyl/N-ethyl adjacent to an activating group) is 1. The molecule has 6 heteroatoms. The van der Waals surface area contributed by atoms with Crippen LogP contribution in [0.4, 0.5) is 5.69 Å². The van der Waals surface area contributed by atoms with E-state index in [-0.39, 0.29) is 24.2 Å². The predicted octanol–water partition coefficient (Wildman–Crippen LogP) is 1.41. The molecule has 2 atom stereocenters. The Balaban J connectivity index is 2.12. The molecule has 2 aliphatic heterocycles. The van der Waals surface area contributed by atoms with E-state index >= 15 is 0 Å². The second kappa shape index (κ2) is 6.11. The smallest absolute Gasteiger partial charge is 0.253 e. The van der Waals surface area contributed by atoms with Gasteiger partial charge in [-0.3, -0.25) is 19.3 Å². The molecule has 3 rings (SSSR count). The van der Waals surface area contributed by atoms with E-state index in [1.165, 1.54) is 4.90 Å². The highest BCUT2D eigenvalue weighted by molar-refractivity contribution is 6.05.